The van der Waals surface area contributed by atoms with E-state index in [4.69, 9.17) is 9.47 Å². The Morgan fingerprint density at radius 1 is 1.18 bits per heavy atom. The Morgan fingerprint density at radius 2 is 1.94 bits per heavy atom. The summed E-state index contributed by atoms with van der Waals surface area (Å²) >= 11 is 0. The third kappa shape index (κ3) is 6.19. The Balaban J connectivity index is 1.56. The fraction of sp³-hybridized carbons (Fsp3) is 0.818. The van der Waals surface area contributed by atoms with Crippen molar-refractivity contribution in [3.63, 3.8) is 0 Å². The molecule has 0 radical (unpaired) electrons. The Morgan fingerprint density at radius 3 is 2.65 bits per heavy atom. The van der Waals surface area contributed by atoms with Gasteiger partial charge in [0.15, 0.2) is 0 Å². The Labute approximate surface area is 201 Å². The standard InChI is InChI=1S/C22H34F3N5O3S/c1-28(14-17-15-30(34(2)31)9-6-11-32-17)18-13-19(27-20(26-18)22(23,24)25)29-10-12-33-21(16-29)7-4-3-5-8-21/h13,17H,3-12,14-16H2,1-2H3. The fourth-order valence-electron chi connectivity index (χ4n) is 5.05. The van der Waals surface area contributed by atoms with Gasteiger partial charge in [-0.25, -0.2) is 18.5 Å². The molecule has 4 rings (SSSR count). The van der Waals surface area contributed by atoms with Crippen LogP contribution < -0.4 is 9.80 Å². The molecular weight excluding hydrogens is 471 g/mol. The minimum atomic E-state index is -4.66. The predicted octanol–water partition coefficient (Wildman–Crippen LogP) is 2.86. The zero-order chi connectivity index (χ0) is 24.3. The molecule has 1 saturated carbocycles. The van der Waals surface area contributed by atoms with Crippen LogP contribution in [0.25, 0.3) is 0 Å². The summed E-state index contributed by atoms with van der Waals surface area (Å²) in [6.07, 6.45) is 2.57. The summed E-state index contributed by atoms with van der Waals surface area (Å²) in [5.74, 6) is -0.678. The van der Waals surface area contributed by atoms with Gasteiger partial charge in [-0.2, -0.15) is 13.2 Å². The van der Waals surface area contributed by atoms with E-state index < -0.39 is 23.0 Å². The van der Waals surface area contributed by atoms with E-state index in [1.54, 1.807) is 24.3 Å². The summed E-state index contributed by atoms with van der Waals surface area (Å²) in [6, 6.07) is 1.63. The number of nitrogens with zero attached hydrogens (tertiary/aromatic N) is 5. The molecule has 0 aromatic carbocycles. The highest BCUT2D eigenvalue weighted by Crippen LogP contribution is 2.37. The van der Waals surface area contributed by atoms with Crippen molar-refractivity contribution in [3.8, 4) is 0 Å². The third-order valence-electron chi connectivity index (χ3n) is 6.83. The van der Waals surface area contributed by atoms with Crippen molar-refractivity contribution >= 4 is 22.6 Å². The van der Waals surface area contributed by atoms with Crippen LogP contribution in [-0.2, 0) is 26.6 Å². The van der Waals surface area contributed by atoms with E-state index in [0.717, 1.165) is 38.5 Å². The molecule has 2 unspecified atom stereocenters. The summed E-state index contributed by atoms with van der Waals surface area (Å²) in [6.45, 7) is 3.45. The van der Waals surface area contributed by atoms with Crippen molar-refractivity contribution in [1.29, 1.82) is 0 Å². The van der Waals surface area contributed by atoms with E-state index in [9.17, 15) is 17.4 Å². The first-order valence-corrected chi connectivity index (χ1v) is 13.4. The topological polar surface area (TPSA) is 71.0 Å². The van der Waals surface area contributed by atoms with Crippen molar-refractivity contribution in [3.05, 3.63) is 11.9 Å². The Hall–Kier alpha value is -1.50. The second kappa shape index (κ2) is 10.6. The van der Waals surface area contributed by atoms with Gasteiger partial charge >= 0.3 is 6.18 Å². The highest BCUT2D eigenvalue weighted by atomic mass is 32.2. The minimum absolute atomic E-state index is 0.193. The number of anilines is 2. The zero-order valence-corrected chi connectivity index (χ0v) is 20.7. The van der Waals surface area contributed by atoms with Gasteiger partial charge < -0.3 is 19.3 Å². The molecule has 0 N–H and O–H groups in total. The monoisotopic (exact) mass is 505 g/mol. The van der Waals surface area contributed by atoms with Crippen LogP contribution in [0.5, 0.6) is 0 Å². The van der Waals surface area contributed by atoms with Crippen LogP contribution in [0.4, 0.5) is 24.8 Å². The molecule has 1 aliphatic carbocycles. The van der Waals surface area contributed by atoms with E-state index in [2.05, 4.69) is 9.97 Å². The van der Waals surface area contributed by atoms with Crippen molar-refractivity contribution in [2.75, 3.05) is 69.0 Å². The summed E-state index contributed by atoms with van der Waals surface area (Å²) in [5, 5.41) is 0. The molecule has 34 heavy (non-hydrogen) atoms. The Bertz CT molecular complexity index is 863. The highest BCUT2D eigenvalue weighted by molar-refractivity contribution is 7.81. The van der Waals surface area contributed by atoms with E-state index in [1.165, 1.54) is 0 Å². The van der Waals surface area contributed by atoms with Crippen molar-refractivity contribution in [2.24, 2.45) is 0 Å². The zero-order valence-electron chi connectivity index (χ0n) is 19.9. The third-order valence-corrected chi connectivity index (χ3v) is 7.89. The maximum atomic E-state index is 13.7. The van der Waals surface area contributed by atoms with Crippen LogP contribution in [0.2, 0.25) is 0 Å². The predicted molar refractivity (Wildman–Crippen MR) is 124 cm³/mol. The van der Waals surface area contributed by atoms with Gasteiger partial charge in [0.25, 0.3) is 0 Å². The quantitative estimate of drug-likeness (QED) is 0.610. The minimum Gasteiger partial charge on any atom is -0.375 e. The number of halogens is 3. The largest absolute Gasteiger partial charge is 0.451 e. The highest BCUT2D eigenvalue weighted by Gasteiger charge is 2.40. The van der Waals surface area contributed by atoms with Gasteiger partial charge in [-0.1, -0.05) is 19.3 Å². The summed E-state index contributed by atoms with van der Waals surface area (Å²) < 4.78 is 67.0. The molecule has 1 aromatic heterocycles. The number of aromatic nitrogens is 2. The van der Waals surface area contributed by atoms with E-state index >= 15 is 0 Å². The normalized spacial score (nSPS) is 25.2. The first-order chi connectivity index (χ1) is 16.2. The molecule has 0 bridgehead atoms. The van der Waals surface area contributed by atoms with Gasteiger partial charge in [-0.15, -0.1) is 0 Å². The maximum absolute atomic E-state index is 13.7. The van der Waals surface area contributed by atoms with E-state index in [1.807, 2.05) is 9.21 Å². The lowest BCUT2D eigenvalue weighted by atomic mass is 9.83. The maximum Gasteiger partial charge on any atom is 0.451 e. The summed E-state index contributed by atoms with van der Waals surface area (Å²) in [5.41, 5.74) is -0.306. The second-order valence-electron chi connectivity index (χ2n) is 9.46. The van der Waals surface area contributed by atoms with Gasteiger partial charge in [0, 0.05) is 58.7 Å². The molecule has 8 nitrogen and oxygen atoms in total. The molecule has 2 aliphatic heterocycles. The lowest BCUT2D eigenvalue weighted by molar-refractivity contribution is -0.144. The van der Waals surface area contributed by atoms with E-state index in [-0.39, 0.29) is 23.3 Å². The number of ether oxygens (including phenoxy) is 2. The smallest absolute Gasteiger partial charge is 0.375 e. The van der Waals surface area contributed by atoms with Crippen molar-refractivity contribution in [1.82, 2.24) is 14.3 Å². The number of hydrogen-bond acceptors (Lipinski definition) is 7. The van der Waals surface area contributed by atoms with Gasteiger partial charge in [0.2, 0.25) is 5.82 Å². The van der Waals surface area contributed by atoms with Gasteiger partial charge in [0.1, 0.15) is 11.6 Å². The first-order valence-electron chi connectivity index (χ1n) is 11.9. The average molecular weight is 506 g/mol. The van der Waals surface area contributed by atoms with Gasteiger partial charge in [0.05, 0.1) is 29.3 Å². The molecule has 1 aromatic rings. The molecule has 192 valence electrons. The number of rotatable bonds is 5. The van der Waals surface area contributed by atoms with Crippen LogP contribution in [0, 0.1) is 0 Å². The summed E-state index contributed by atoms with van der Waals surface area (Å²) in [4.78, 5) is 11.3. The number of hydrogen-bond donors (Lipinski definition) is 0. The molecule has 3 aliphatic rings. The molecule has 2 atom stereocenters. The molecule has 2 saturated heterocycles. The second-order valence-corrected chi connectivity index (χ2v) is 10.8. The number of morpholine rings is 1. The molecular formula is C22H34F3N5O3S. The average Bonchev–Trinajstić information content (AvgIpc) is 3.04. The molecule has 1 spiro atoms. The van der Waals surface area contributed by atoms with Crippen LogP contribution >= 0.6 is 0 Å². The molecule has 3 fully saturated rings. The fourth-order valence-corrected chi connectivity index (χ4v) is 5.81. The van der Waals surface area contributed by atoms with E-state index in [0.29, 0.717) is 45.9 Å². The van der Waals surface area contributed by atoms with Gasteiger partial charge in [-0.3, -0.25) is 0 Å². The number of likely N-dealkylation sites (N-methyl/N-ethyl adjacent to an activating group) is 1. The SMILES string of the molecule is CN(CC1CN(S(C)=O)CCCO1)c1cc(N2CCOC3(CCCCC3)C2)nc(C(F)(F)F)n1. The van der Waals surface area contributed by atoms with Gasteiger partial charge in [-0.05, 0) is 19.3 Å². The van der Waals surface area contributed by atoms with Crippen LogP contribution in [0.15, 0.2) is 6.07 Å². The molecule has 12 heteroatoms. The summed E-state index contributed by atoms with van der Waals surface area (Å²) in [7, 11) is 0.575. The lowest BCUT2D eigenvalue weighted by Gasteiger charge is -2.45. The molecule has 0 amide bonds. The Kier molecular flexibility index (Phi) is 8.00. The lowest BCUT2D eigenvalue weighted by Crippen LogP contribution is -2.53. The van der Waals surface area contributed by atoms with Crippen LogP contribution in [0.3, 0.4) is 0 Å². The number of alkyl halides is 3. The first kappa shape index (κ1) is 25.6. The van der Waals surface area contributed by atoms with Crippen LogP contribution in [-0.4, -0.2) is 89.4 Å². The van der Waals surface area contributed by atoms with Crippen LogP contribution in [0.1, 0.15) is 44.3 Å². The van der Waals surface area contributed by atoms with Crippen molar-refractivity contribution in [2.45, 2.75) is 56.4 Å². The van der Waals surface area contributed by atoms with Crippen molar-refractivity contribution < 1.29 is 26.9 Å². The molecule has 3 heterocycles.